The zero-order chi connectivity index (χ0) is 53.4. The fourth-order valence-corrected chi connectivity index (χ4v) is 15.4. The molecule has 416 valence electrons. The summed E-state index contributed by atoms with van der Waals surface area (Å²) in [4.78, 5) is 47.1. The number of nitrogens with zero attached hydrogens (tertiary/aromatic N) is 3. The highest BCUT2D eigenvalue weighted by atomic mass is 32.2. The maximum atomic E-state index is 12.4. The topological polar surface area (TPSA) is 213 Å². The number of aryl methyl sites for hydroxylation is 1. The van der Waals surface area contributed by atoms with Crippen molar-refractivity contribution in [1.29, 1.82) is 0 Å². The van der Waals surface area contributed by atoms with Gasteiger partial charge in [0.15, 0.2) is 9.84 Å². The molecular formula is C48H91N3O16SSi4. The van der Waals surface area contributed by atoms with E-state index in [9.17, 15) is 27.6 Å². The van der Waals surface area contributed by atoms with Crippen molar-refractivity contribution in [1.82, 2.24) is 13.7 Å². The van der Waals surface area contributed by atoms with Gasteiger partial charge >= 0.3 is 52.0 Å². The number of aromatic nitrogens is 3. The number of hydrogen-bond donors (Lipinski definition) is 1. The van der Waals surface area contributed by atoms with Crippen molar-refractivity contribution in [2.45, 2.75) is 126 Å². The van der Waals surface area contributed by atoms with E-state index in [-0.39, 0.29) is 40.2 Å². The van der Waals surface area contributed by atoms with Gasteiger partial charge in [0.1, 0.15) is 0 Å². The van der Waals surface area contributed by atoms with Gasteiger partial charge in [-0.25, -0.2) is 36.5 Å². The van der Waals surface area contributed by atoms with Crippen LogP contribution in [0.3, 0.4) is 0 Å². The summed E-state index contributed by atoms with van der Waals surface area (Å²) in [6.45, 7) is 27.6. The monoisotopic (exact) mass is 1110 g/mol. The van der Waals surface area contributed by atoms with Gasteiger partial charge in [-0.3, -0.25) is 0 Å². The van der Waals surface area contributed by atoms with Gasteiger partial charge in [0, 0.05) is 92.4 Å². The Morgan fingerprint density at radius 1 is 0.583 bits per heavy atom. The quantitative estimate of drug-likeness (QED) is 0.0553. The average molecular weight is 1110 g/mol. The Morgan fingerprint density at radius 2 is 0.986 bits per heavy atom. The van der Waals surface area contributed by atoms with E-state index in [2.05, 4.69) is 13.2 Å². The van der Waals surface area contributed by atoms with Gasteiger partial charge in [-0.1, -0.05) is 75.0 Å². The highest BCUT2D eigenvalue weighted by Gasteiger charge is 2.41. The van der Waals surface area contributed by atoms with Gasteiger partial charge in [0.05, 0.1) is 23.7 Å². The van der Waals surface area contributed by atoms with Gasteiger partial charge in [-0.05, 0) is 86.0 Å². The molecule has 0 aliphatic rings. The summed E-state index contributed by atoms with van der Waals surface area (Å²) < 4.78 is 82.1. The molecule has 1 N–H and O–H groups in total. The lowest BCUT2D eigenvalue weighted by Crippen LogP contribution is -2.54. The smallest absolute Gasteiger partial charge is 0.411 e. The maximum Gasteiger partial charge on any atom is 0.536 e. The van der Waals surface area contributed by atoms with Crippen LogP contribution in [0, 0.1) is 6.92 Å². The van der Waals surface area contributed by atoms with E-state index in [1.54, 1.807) is 40.0 Å². The van der Waals surface area contributed by atoms with Crippen LogP contribution in [0.25, 0.3) is 0 Å². The van der Waals surface area contributed by atoms with E-state index in [0.29, 0.717) is 69.5 Å². The molecular weight excluding hydrogens is 1020 g/mol. The lowest BCUT2D eigenvalue weighted by atomic mass is 10.2. The predicted octanol–water partition coefficient (Wildman–Crippen LogP) is 6.56. The molecule has 19 nitrogen and oxygen atoms in total. The van der Waals surface area contributed by atoms with Gasteiger partial charge in [0.25, 0.3) is 0 Å². The molecule has 0 radical (unpaired) electrons. The molecule has 2 aromatic carbocycles. The molecule has 1 atom stereocenters. The van der Waals surface area contributed by atoms with Gasteiger partial charge < -0.3 is 49.1 Å². The predicted molar refractivity (Wildman–Crippen MR) is 296 cm³/mol. The van der Waals surface area contributed by atoms with E-state index in [4.69, 9.17) is 44.3 Å². The van der Waals surface area contributed by atoms with Crippen molar-refractivity contribution in [3.05, 3.63) is 117 Å². The lowest BCUT2D eigenvalue weighted by Gasteiger charge is -2.28. The summed E-state index contributed by atoms with van der Waals surface area (Å²) in [5, 5.41) is 0.975. The minimum atomic E-state index is -3.29. The van der Waals surface area contributed by atoms with Crippen molar-refractivity contribution in [3.63, 3.8) is 0 Å². The number of sulfone groups is 1. The highest BCUT2D eigenvalue weighted by molar-refractivity contribution is 7.91. The third-order valence-corrected chi connectivity index (χ3v) is 22.2. The summed E-state index contributed by atoms with van der Waals surface area (Å²) in [6.07, 6.45) is 3.68. The number of rotatable bonds is 30. The Labute approximate surface area is 435 Å². The maximum absolute atomic E-state index is 12.4. The summed E-state index contributed by atoms with van der Waals surface area (Å²) >= 11 is 0. The van der Waals surface area contributed by atoms with E-state index in [1.807, 2.05) is 97.5 Å². The van der Waals surface area contributed by atoms with Crippen LogP contribution in [-0.2, 0) is 73.7 Å². The Morgan fingerprint density at radius 3 is 1.35 bits per heavy atom. The number of hydrogen-bond acceptors (Lipinski definition) is 16. The van der Waals surface area contributed by atoms with Crippen LogP contribution in [0.1, 0.15) is 74.8 Å². The molecule has 0 aliphatic heterocycles. The SMILES string of the molecule is C.C.C=CCn1c(=O)n(CC=C)c(=O)n(CCC[Si](C)(O)OC)c1=O.CCO[Si](C)(OCC)OCC.CCO[Si](CCCS(=O)(=O)c1ccc(C)cc1)(OCC)OCC.CO[Si](OC)(OC)c1ccccc1. The molecule has 0 fully saturated rings. The van der Waals surface area contributed by atoms with Crippen LogP contribution in [0.15, 0.2) is 99.2 Å². The molecule has 3 aromatic rings. The molecule has 0 bridgehead atoms. The molecule has 72 heavy (non-hydrogen) atoms. The van der Waals surface area contributed by atoms with Gasteiger partial charge in [-0.2, -0.15) is 0 Å². The zero-order valence-corrected chi connectivity index (χ0v) is 48.8. The molecule has 24 heteroatoms. The molecule has 0 saturated carbocycles. The Hall–Kier alpha value is -3.29. The van der Waals surface area contributed by atoms with Crippen molar-refractivity contribution < 1.29 is 57.5 Å². The molecule has 0 saturated heterocycles. The summed E-state index contributed by atoms with van der Waals surface area (Å²) in [6, 6.07) is 17.5. The summed E-state index contributed by atoms with van der Waals surface area (Å²) in [7, 11) is -7.42. The van der Waals surface area contributed by atoms with Crippen LogP contribution in [0.2, 0.25) is 25.2 Å². The van der Waals surface area contributed by atoms with Crippen molar-refractivity contribution in [2.75, 3.05) is 73.8 Å². The first-order chi connectivity index (χ1) is 33.1. The van der Waals surface area contributed by atoms with E-state index in [0.717, 1.165) is 24.5 Å². The molecule has 0 aliphatic carbocycles. The fraction of sp³-hybridized carbons (Fsp3) is 0.604. The summed E-state index contributed by atoms with van der Waals surface area (Å²) in [5.74, 6) is 0.0675. The second kappa shape index (κ2) is 38.3. The zero-order valence-electron chi connectivity index (χ0n) is 44.0. The molecule has 0 spiro atoms. The Balaban J connectivity index is -0.000000913. The molecule has 3 rings (SSSR count). The lowest BCUT2D eigenvalue weighted by molar-refractivity contribution is 0.0711. The number of allylic oxidation sites excluding steroid dienone is 2. The minimum Gasteiger partial charge on any atom is -0.411 e. The number of benzene rings is 2. The third kappa shape index (κ3) is 24.8. The third-order valence-electron chi connectivity index (χ3n) is 9.99. The standard InChI is InChI=1S/C16H28O5SSi.C14H23N3O5Si.C9H14O3Si.C7H18O3Si.2CH4/c1-5-19-23(20-6-2,21-7-3)14-8-13-22(17,18)16-11-9-15(4)10-12-16;1-5-8-15-12(18)16(9-6-2)14(20)17(13(15)19)10-7-11-23(4,21)22-3;1-10-13(11-2,12-3)9-7-5-4-6-8-9;1-5-8-11(4,9-6-2)10-7-3;;/h9-12H,5-8,13-14H2,1-4H3;5-6,21H,1-2,7-11H2,3-4H3;4-8H,1-3H3;5-7H2,1-4H3;2*1H4. The highest BCUT2D eigenvalue weighted by Crippen LogP contribution is 2.21. The van der Waals surface area contributed by atoms with E-state index < -0.39 is 61.9 Å². The first-order valence-electron chi connectivity index (χ1n) is 23.4. The Kier molecular flexibility index (Phi) is 38.8. The van der Waals surface area contributed by atoms with Crippen LogP contribution >= 0.6 is 0 Å². The second-order valence-corrected chi connectivity index (χ2v) is 28.8. The van der Waals surface area contributed by atoms with Crippen LogP contribution in [0.5, 0.6) is 0 Å². The van der Waals surface area contributed by atoms with Crippen molar-refractivity contribution >= 4 is 50.0 Å². The molecule has 1 heterocycles. The van der Waals surface area contributed by atoms with Crippen LogP contribution in [0.4, 0.5) is 0 Å². The normalized spacial score (nSPS) is 12.2. The van der Waals surface area contributed by atoms with Crippen LogP contribution < -0.4 is 22.3 Å². The van der Waals surface area contributed by atoms with Crippen LogP contribution in [-0.4, -0.2) is 136 Å². The Bertz CT molecular complexity index is 2120. The first-order valence-corrected chi connectivity index (χ1v) is 33.5. The molecule has 1 unspecified atom stereocenters. The van der Waals surface area contributed by atoms with Crippen molar-refractivity contribution in [2.24, 2.45) is 0 Å². The fourth-order valence-electron chi connectivity index (χ4n) is 6.61. The first kappa shape index (κ1) is 73.0. The van der Waals surface area contributed by atoms with E-state index in [1.165, 1.54) is 19.3 Å². The van der Waals surface area contributed by atoms with Gasteiger partial charge in [0.2, 0.25) is 0 Å². The van der Waals surface area contributed by atoms with Crippen molar-refractivity contribution in [3.8, 4) is 0 Å². The van der Waals surface area contributed by atoms with E-state index >= 15 is 0 Å². The molecule has 1 aromatic heterocycles. The molecule has 0 amide bonds. The minimum absolute atomic E-state index is 0. The summed E-state index contributed by atoms with van der Waals surface area (Å²) in [5.41, 5.74) is -1.01. The van der Waals surface area contributed by atoms with Gasteiger partial charge in [-0.15, -0.1) is 13.2 Å². The average Bonchev–Trinajstić information content (AvgIpc) is 3.33. The largest absolute Gasteiger partial charge is 0.536 e. The second-order valence-electron chi connectivity index (χ2n) is 15.2.